The van der Waals surface area contributed by atoms with Gasteiger partial charge in [-0.2, -0.15) is 0 Å². The average molecular weight is 2540 g/mol. The van der Waals surface area contributed by atoms with Crippen molar-refractivity contribution in [2.45, 2.75) is 157 Å². The number of amides is 9. The number of hydrogen-bond donors (Lipinski definition) is 13. The highest BCUT2D eigenvalue weighted by atomic mass is 127. The second kappa shape index (κ2) is 53.4. The Labute approximate surface area is 806 Å². The quantitative estimate of drug-likeness (QED) is 0.0167. The fraction of sp³-hybridized carbons (Fsp3) is 0.533. The Balaban J connectivity index is 2.47. The highest BCUT2D eigenvalue weighted by molar-refractivity contribution is 14.1. The van der Waals surface area contributed by atoms with Crippen molar-refractivity contribution in [3.63, 3.8) is 0 Å². The predicted molar refractivity (Wildman–Crippen MR) is 492 cm³/mol. The predicted octanol–water partition coefficient (Wildman–Crippen LogP) is 2.07. The molecule has 0 aromatic heterocycles. The molecule has 0 fully saturated rings. The van der Waals surface area contributed by atoms with Crippen LogP contribution in [-0.2, 0) is 95.4 Å². The molecule has 42 nitrogen and oxygen atoms in total. The van der Waals surface area contributed by atoms with Crippen molar-refractivity contribution in [1.82, 2.24) is 30.7 Å². The maximum atomic E-state index is 15.1. The van der Waals surface area contributed by atoms with Crippen LogP contribution in [0.3, 0.4) is 0 Å². The number of esters is 8. The molecule has 124 heavy (non-hydrogen) atoms. The zero-order valence-electron chi connectivity index (χ0n) is 69.2. The summed E-state index contributed by atoms with van der Waals surface area (Å²) >= 11 is 12.0. The second-order valence-electron chi connectivity index (χ2n) is 27.4. The normalized spacial score (nSPS) is 13.7. The highest BCUT2D eigenvalue weighted by Gasteiger charge is 2.42. The van der Waals surface area contributed by atoms with Gasteiger partial charge in [0.15, 0.2) is 30.7 Å². The maximum absolute atomic E-state index is 15.1. The van der Waals surface area contributed by atoms with Crippen molar-refractivity contribution >= 4 is 276 Å². The number of aliphatic hydroxyl groups is 7. The van der Waals surface area contributed by atoms with Crippen LogP contribution < -0.4 is 31.9 Å². The van der Waals surface area contributed by atoms with Crippen molar-refractivity contribution < 1.29 is 160 Å². The molecule has 3 aromatic carbocycles. The molecule has 688 valence electrons. The number of ether oxygens (including phenoxy) is 9. The Bertz CT molecular complexity index is 4320. The van der Waals surface area contributed by atoms with Gasteiger partial charge in [0.05, 0.1) is 106 Å². The Morgan fingerprint density at radius 1 is 0.347 bits per heavy atom. The minimum atomic E-state index is -2.06. The third kappa shape index (κ3) is 33.5. The first-order chi connectivity index (χ1) is 57.8. The molecule has 49 heteroatoms. The number of nitrogens with one attached hydrogen (secondary N) is 6. The Morgan fingerprint density at radius 2 is 0.613 bits per heavy atom. The minimum Gasteiger partial charge on any atom is -0.462 e. The summed E-state index contributed by atoms with van der Waals surface area (Å²) in [4.78, 5) is 234. The van der Waals surface area contributed by atoms with Gasteiger partial charge in [-0.15, -0.1) is 0 Å². The van der Waals surface area contributed by atoms with Crippen molar-refractivity contribution in [1.29, 1.82) is 0 Å². The van der Waals surface area contributed by atoms with Gasteiger partial charge in [0.1, 0.15) is 19.8 Å². The lowest BCUT2D eigenvalue weighted by Gasteiger charge is -2.28. The van der Waals surface area contributed by atoms with Crippen LogP contribution in [-0.4, -0.2) is 313 Å². The number of benzene rings is 3. The zero-order chi connectivity index (χ0) is 94.5. The minimum absolute atomic E-state index is 0.0105. The molecule has 0 saturated heterocycles. The number of aliphatic hydroxyl groups excluding tert-OH is 7. The molecule has 11 unspecified atom stereocenters. The molecule has 3 aromatic rings. The Hall–Kier alpha value is -6.56. The van der Waals surface area contributed by atoms with E-state index in [0.29, 0.717) is 0 Å². The lowest BCUT2D eigenvalue weighted by molar-refractivity contribution is -0.189. The lowest BCUT2D eigenvalue weighted by atomic mass is 9.96. The van der Waals surface area contributed by atoms with Gasteiger partial charge in [0, 0.05) is 123 Å². The lowest BCUT2D eigenvalue weighted by Crippen LogP contribution is -2.47. The summed E-state index contributed by atoms with van der Waals surface area (Å²) in [5.41, 5.74) is -2.20. The van der Waals surface area contributed by atoms with Crippen molar-refractivity contribution in [2.75, 3.05) is 116 Å². The molecule has 0 aliphatic heterocycles. The monoisotopic (exact) mass is 2540 g/mol. The number of halogens is 7. The van der Waals surface area contributed by atoms with Crippen LogP contribution in [0.5, 0.6) is 0 Å². The highest BCUT2D eigenvalue weighted by Crippen LogP contribution is 2.40. The summed E-state index contributed by atoms with van der Waals surface area (Å²) in [5.74, 6) is -17.4. The molecule has 0 radical (unpaired) electrons. The molecule has 11 atom stereocenters. The van der Waals surface area contributed by atoms with E-state index in [0.717, 1.165) is 77.0 Å². The number of likely N-dealkylation sites (N-methyl/N-ethyl adjacent to an activating group) is 3. The molecule has 0 aliphatic rings. The molecule has 0 spiro atoms. The molecule has 0 aliphatic carbocycles. The van der Waals surface area contributed by atoms with Crippen LogP contribution in [0, 0.1) is 44.8 Å². The van der Waals surface area contributed by atoms with Crippen LogP contribution in [0.15, 0.2) is 0 Å². The summed E-state index contributed by atoms with van der Waals surface area (Å²) in [6.07, 6.45) is -17.7. The van der Waals surface area contributed by atoms with Crippen LogP contribution >= 0.6 is 158 Å². The van der Waals surface area contributed by atoms with Crippen LogP contribution in [0.1, 0.15) is 155 Å². The van der Waals surface area contributed by atoms with Crippen LogP contribution in [0.25, 0.3) is 0 Å². The van der Waals surface area contributed by atoms with Crippen molar-refractivity contribution in [2.24, 2.45) is 5.92 Å². The summed E-state index contributed by atoms with van der Waals surface area (Å²) in [7, 11) is 3.81. The SMILES string of the molecule is CC(=O)OCC(OC(C)=O)C(OC(C)=O)C(=O)Nc1c(I)c(C(=O)NCCC(CCNC(=O)c2c(I)c(NC(=O)C(OC(C)O)C(COC(C)=O)OC(C)=O)c(C)c(C(=O)N(C)CC(O)CO)c2I)CCNC(=O)c2c(I)c(NC(=O)C(OC(C)=O)C(COC(C)=O)OC(C)=O)c(I)c(C(=O)N(C)CC(O)CO)c2I)c(C)c(C(=O)N(C)CC(O)CO)c1I. The smallest absolute Gasteiger partial charge is 0.303 e. The standard InChI is InChI=1S/C75H96I7N9O33/c1-30-48(56(78)62(57(79)49(30)73(113)89(12)21-42(104)24-92)87-71(111)65(123-39(10)102)46(120-36(7)99)28-117-33(4)96)67(107)83-18-15-41(16-19-84-68(108)51-54(76)50(74(114)90(13)22-43(105)25-93)31(2)61(58(51)80)86-70(110)64(122-38(9)101)45(119-35(6)98)27-116-32(3)95)17-20-85-69(109)52-55(77)53(75(115)91(14)23-44(106)26-94)60(82)63(59(52)81)88-72(112)66(124-40(11)103)47(121-37(8)100)29-118-34(5)97/h38,41-47,64-66,92-94,101,104-106H,15-29H2,1-14H3,(H,83,107)(H,84,108)(H,85,109)(H,86,110)(H,87,111)(H,88,112). The van der Waals surface area contributed by atoms with E-state index in [4.69, 9.17) is 42.6 Å². The second-order valence-corrected chi connectivity index (χ2v) is 35.0. The summed E-state index contributed by atoms with van der Waals surface area (Å²) < 4.78 is 46.9. The van der Waals surface area contributed by atoms with Crippen molar-refractivity contribution in [3.05, 3.63) is 69.5 Å². The first kappa shape index (κ1) is 112. The molecule has 0 bridgehead atoms. The van der Waals surface area contributed by atoms with Gasteiger partial charge in [-0.3, -0.25) is 81.5 Å². The first-order valence-corrected chi connectivity index (χ1v) is 44.6. The Kier molecular flexibility index (Phi) is 48.1. The van der Waals surface area contributed by atoms with Crippen molar-refractivity contribution in [3.8, 4) is 0 Å². The molecule has 13 N–H and O–H groups in total. The average Bonchev–Trinajstić information content (AvgIpc) is 0.770. The van der Waals surface area contributed by atoms with E-state index in [1.54, 1.807) is 158 Å². The molecular weight excluding hydrogens is 2440 g/mol. The molecule has 3 rings (SSSR count). The summed E-state index contributed by atoms with van der Waals surface area (Å²) in [5, 5.41) is 87.3. The Morgan fingerprint density at radius 3 is 0.935 bits per heavy atom. The third-order valence-electron chi connectivity index (χ3n) is 17.3. The number of hydrogen-bond acceptors (Lipinski definition) is 33. The third-order valence-corrected chi connectivity index (χ3v) is 24.9. The van der Waals surface area contributed by atoms with E-state index < -0.39 is 227 Å². The van der Waals surface area contributed by atoms with Gasteiger partial charge in [0.25, 0.3) is 53.2 Å². The zero-order valence-corrected chi connectivity index (χ0v) is 84.3. The van der Waals surface area contributed by atoms with E-state index >= 15 is 14.4 Å². The van der Waals surface area contributed by atoms with Gasteiger partial charge >= 0.3 is 47.8 Å². The van der Waals surface area contributed by atoms with E-state index in [1.165, 1.54) is 35.0 Å². The first-order valence-electron chi connectivity index (χ1n) is 37.0. The molecule has 9 amide bonds. The van der Waals surface area contributed by atoms with E-state index in [1.807, 2.05) is 0 Å². The number of carbonyl (C=O) groups is 17. The fourth-order valence-corrected chi connectivity index (χ4v) is 21.4. The maximum Gasteiger partial charge on any atom is 0.303 e. The van der Waals surface area contributed by atoms with E-state index in [2.05, 4.69) is 31.9 Å². The van der Waals surface area contributed by atoms with Gasteiger partial charge < -0.3 is 125 Å². The largest absolute Gasteiger partial charge is 0.462 e. The molecule has 0 saturated carbocycles. The number of carbonyl (C=O) groups excluding carboxylic acids is 17. The summed E-state index contributed by atoms with van der Waals surface area (Å²) in [6, 6.07) is 0. The fourth-order valence-electron chi connectivity index (χ4n) is 11.7. The van der Waals surface area contributed by atoms with Gasteiger partial charge in [-0.1, -0.05) is 0 Å². The van der Waals surface area contributed by atoms with Crippen LogP contribution in [0.2, 0.25) is 0 Å². The van der Waals surface area contributed by atoms with E-state index in [9.17, 15) is 103 Å². The van der Waals surface area contributed by atoms with Gasteiger partial charge in [-0.25, -0.2) is 0 Å². The summed E-state index contributed by atoms with van der Waals surface area (Å²) in [6.45, 7) is 4.71. The van der Waals surface area contributed by atoms with Gasteiger partial charge in [-0.05, 0) is 215 Å². The number of anilines is 3. The molecule has 0 heterocycles. The molecular formula is C75H96I7N9O33. The number of rotatable bonds is 46. The number of nitrogens with zero attached hydrogens (tertiary/aromatic N) is 3. The van der Waals surface area contributed by atoms with Crippen LogP contribution in [0.4, 0.5) is 17.1 Å². The van der Waals surface area contributed by atoms with E-state index in [-0.39, 0.29) is 125 Å². The van der Waals surface area contributed by atoms with Gasteiger partial charge in [0.2, 0.25) is 12.2 Å². The topological polar surface area (TPSA) is 597 Å².